The van der Waals surface area contributed by atoms with Crippen LogP contribution in [0.5, 0.6) is 0 Å². The highest BCUT2D eigenvalue weighted by molar-refractivity contribution is 5.85. The van der Waals surface area contributed by atoms with Crippen molar-refractivity contribution in [3.8, 4) is 0 Å². The van der Waals surface area contributed by atoms with Crippen molar-refractivity contribution in [2.24, 2.45) is 5.73 Å². The molecule has 2 aromatic heterocycles. The molecule has 1 amide bonds. The van der Waals surface area contributed by atoms with Crippen LogP contribution in [-0.2, 0) is 11.2 Å². The van der Waals surface area contributed by atoms with Gasteiger partial charge in [-0.05, 0) is 38.3 Å². The van der Waals surface area contributed by atoms with Crippen molar-refractivity contribution in [1.82, 2.24) is 14.3 Å². The molecule has 0 spiro atoms. The Balaban J connectivity index is 0.00000132. The molecule has 1 aliphatic heterocycles. The second-order valence-electron chi connectivity index (χ2n) is 5.88. The molecule has 0 saturated carbocycles. The molecular weight excluding hydrogens is 335 g/mol. The second-order valence-corrected chi connectivity index (χ2v) is 5.88. The molecule has 1 saturated heterocycles. The fourth-order valence-corrected chi connectivity index (χ4v) is 3.14. The van der Waals surface area contributed by atoms with Crippen molar-refractivity contribution in [3.63, 3.8) is 0 Å². The Hall–Kier alpha value is -1.30. The normalized spacial score (nSPS) is 18.9. The summed E-state index contributed by atoms with van der Waals surface area (Å²) >= 11 is 0. The third-order valence-corrected chi connectivity index (χ3v) is 4.22. The average Bonchev–Trinajstić information content (AvgIpc) is 2.89. The van der Waals surface area contributed by atoms with Crippen LogP contribution in [-0.4, -0.2) is 38.8 Å². The second kappa shape index (κ2) is 8.52. The number of carbonyl (C=O) groups is 1. The SMILES string of the molecule is CC(N)C1CCCCN1C(=O)Cc1cn2ccccc2n1.Cl.Cl. The van der Waals surface area contributed by atoms with Gasteiger partial charge < -0.3 is 15.0 Å². The standard InChI is InChI=1S/C16H22N4O.2ClH/c1-12(17)14-6-2-5-9-20(14)16(21)10-13-11-19-8-4-3-7-15(19)18-13;;/h3-4,7-8,11-12,14H,2,5-6,9-10,17H2,1H3;2*1H. The van der Waals surface area contributed by atoms with E-state index in [1.165, 1.54) is 0 Å². The van der Waals surface area contributed by atoms with E-state index in [1.54, 1.807) is 0 Å². The lowest BCUT2D eigenvalue weighted by molar-refractivity contribution is -0.134. The number of fused-ring (bicyclic) bond motifs is 1. The molecule has 2 atom stereocenters. The van der Waals surface area contributed by atoms with Crippen LogP contribution in [0.1, 0.15) is 31.9 Å². The van der Waals surface area contributed by atoms with Crippen LogP contribution in [0.15, 0.2) is 30.6 Å². The van der Waals surface area contributed by atoms with Gasteiger partial charge in [0.25, 0.3) is 0 Å². The molecule has 23 heavy (non-hydrogen) atoms. The molecule has 1 fully saturated rings. The van der Waals surface area contributed by atoms with E-state index >= 15 is 0 Å². The Morgan fingerprint density at radius 2 is 2.17 bits per heavy atom. The Morgan fingerprint density at radius 3 is 2.87 bits per heavy atom. The van der Waals surface area contributed by atoms with Crippen molar-refractivity contribution in [1.29, 1.82) is 0 Å². The molecule has 2 N–H and O–H groups in total. The first-order valence-corrected chi connectivity index (χ1v) is 7.63. The summed E-state index contributed by atoms with van der Waals surface area (Å²) < 4.78 is 1.95. The van der Waals surface area contributed by atoms with Gasteiger partial charge in [-0.1, -0.05) is 6.07 Å². The van der Waals surface area contributed by atoms with E-state index < -0.39 is 0 Å². The molecule has 2 unspecified atom stereocenters. The Morgan fingerprint density at radius 1 is 1.39 bits per heavy atom. The number of hydrogen-bond acceptors (Lipinski definition) is 3. The Kier molecular flexibility index (Phi) is 7.32. The number of nitrogens with two attached hydrogens (primary N) is 1. The zero-order valence-corrected chi connectivity index (χ0v) is 14.9. The van der Waals surface area contributed by atoms with E-state index in [9.17, 15) is 4.79 Å². The average molecular weight is 359 g/mol. The van der Waals surface area contributed by atoms with Crippen molar-refractivity contribution >= 4 is 36.4 Å². The third kappa shape index (κ3) is 4.37. The molecule has 0 radical (unpaired) electrons. The maximum Gasteiger partial charge on any atom is 0.228 e. The number of amides is 1. The highest BCUT2D eigenvalue weighted by atomic mass is 35.5. The summed E-state index contributed by atoms with van der Waals surface area (Å²) in [6.45, 7) is 2.81. The predicted molar refractivity (Wildman–Crippen MR) is 96.4 cm³/mol. The van der Waals surface area contributed by atoms with E-state index in [0.29, 0.717) is 6.42 Å². The van der Waals surface area contributed by atoms with Gasteiger partial charge in [-0.15, -0.1) is 24.8 Å². The molecule has 2 aromatic rings. The first-order chi connectivity index (χ1) is 10.1. The Bertz CT molecular complexity index is 611. The lowest BCUT2D eigenvalue weighted by Gasteiger charge is -2.38. The summed E-state index contributed by atoms with van der Waals surface area (Å²) in [4.78, 5) is 19.0. The van der Waals surface area contributed by atoms with Gasteiger partial charge >= 0.3 is 0 Å². The van der Waals surface area contributed by atoms with Gasteiger partial charge in [-0.3, -0.25) is 4.79 Å². The van der Waals surface area contributed by atoms with Crippen molar-refractivity contribution in [2.75, 3.05) is 6.54 Å². The van der Waals surface area contributed by atoms with Gasteiger partial charge in [0.05, 0.1) is 12.1 Å². The number of aromatic nitrogens is 2. The largest absolute Gasteiger partial charge is 0.338 e. The quantitative estimate of drug-likeness (QED) is 0.916. The summed E-state index contributed by atoms with van der Waals surface area (Å²) in [5.74, 6) is 0.139. The third-order valence-electron chi connectivity index (χ3n) is 4.22. The number of pyridine rings is 1. The van der Waals surface area contributed by atoms with Gasteiger partial charge in [0.15, 0.2) is 0 Å². The lowest BCUT2D eigenvalue weighted by atomic mass is 9.96. The van der Waals surface area contributed by atoms with Gasteiger partial charge in [-0.25, -0.2) is 4.98 Å². The first-order valence-electron chi connectivity index (χ1n) is 7.63. The van der Waals surface area contributed by atoms with Crippen LogP contribution >= 0.6 is 24.8 Å². The van der Waals surface area contributed by atoms with E-state index in [1.807, 2.05) is 46.8 Å². The fraction of sp³-hybridized carbons (Fsp3) is 0.500. The molecule has 7 heteroatoms. The van der Waals surface area contributed by atoms with Crippen LogP contribution < -0.4 is 5.73 Å². The first kappa shape index (κ1) is 19.7. The van der Waals surface area contributed by atoms with Crippen LogP contribution in [0.4, 0.5) is 0 Å². The highest BCUT2D eigenvalue weighted by Crippen LogP contribution is 2.20. The maximum absolute atomic E-state index is 12.6. The van der Waals surface area contributed by atoms with Crippen LogP contribution in [0.3, 0.4) is 0 Å². The van der Waals surface area contributed by atoms with Crippen LogP contribution in [0.2, 0.25) is 0 Å². The highest BCUT2D eigenvalue weighted by Gasteiger charge is 2.29. The summed E-state index contributed by atoms with van der Waals surface area (Å²) in [5, 5.41) is 0. The number of hydrogen-bond donors (Lipinski definition) is 1. The number of nitrogens with zero attached hydrogens (tertiary/aromatic N) is 3. The topological polar surface area (TPSA) is 63.6 Å². The molecule has 0 aliphatic carbocycles. The number of halogens is 2. The van der Waals surface area contributed by atoms with Crippen molar-refractivity contribution in [2.45, 2.75) is 44.7 Å². The van der Waals surface area contributed by atoms with Gasteiger partial charge in [0.2, 0.25) is 5.91 Å². The number of imidazole rings is 1. The van der Waals surface area contributed by atoms with E-state index in [0.717, 1.165) is 37.1 Å². The van der Waals surface area contributed by atoms with Crippen molar-refractivity contribution < 1.29 is 4.79 Å². The predicted octanol–water partition coefficient (Wildman–Crippen LogP) is 2.45. The fourth-order valence-electron chi connectivity index (χ4n) is 3.14. The summed E-state index contributed by atoms with van der Waals surface area (Å²) in [7, 11) is 0. The lowest BCUT2D eigenvalue weighted by Crippen LogP contribution is -2.52. The maximum atomic E-state index is 12.6. The van der Waals surface area contributed by atoms with Gasteiger partial charge in [0, 0.05) is 31.0 Å². The molecule has 0 bridgehead atoms. The molecular formula is C16H24Cl2N4O. The number of piperidine rings is 1. The summed E-state index contributed by atoms with van der Waals surface area (Å²) in [5.41, 5.74) is 7.73. The minimum atomic E-state index is 0. The molecule has 0 aromatic carbocycles. The molecule has 3 heterocycles. The summed E-state index contributed by atoms with van der Waals surface area (Å²) in [6.07, 6.45) is 7.46. The van der Waals surface area contributed by atoms with Crippen molar-refractivity contribution in [3.05, 3.63) is 36.3 Å². The zero-order valence-electron chi connectivity index (χ0n) is 13.2. The minimum Gasteiger partial charge on any atom is -0.338 e. The number of carbonyl (C=O) groups excluding carboxylic acids is 1. The summed E-state index contributed by atoms with van der Waals surface area (Å²) in [6, 6.07) is 6.04. The molecule has 1 aliphatic rings. The monoisotopic (exact) mass is 358 g/mol. The van der Waals surface area contributed by atoms with Gasteiger partial charge in [-0.2, -0.15) is 0 Å². The smallest absolute Gasteiger partial charge is 0.228 e. The minimum absolute atomic E-state index is 0. The van der Waals surface area contributed by atoms with Gasteiger partial charge in [0.1, 0.15) is 5.65 Å². The van der Waals surface area contributed by atoms with E-state index in [-0.39, 0.29) is 42.8 Å². The number of rotatable bonds is 3. The van der Waals surface area contributed by atoms with E-state index in [2.05, 4.69) is 4.98 Å². The molecule has 128 valence electrons. The Labute approximate surface area is 149 Å². The zero-order chi connectivity index (χ0) is 14.8. The van der Waals surface area contributed by atoms with Crippen LogP contribution in [0.25, 0.3) is 5.65 Å². The molecule has 3 rings (SSSR count). The number of likely N-dealkylation sites (tertiary alicyclic amines) is 1. The molecule has 5 nitrogen and oxygen atoms in total. The van der Waals surface area contributed by atoms with E-state index in [4.69, 9.17) is 5.73 Å². The van der Waals surface area contributed by atoms with Crippen LogP contribution in [0, 0.1) is 0 Å².